The number of hydrogen-bond donors (Lipinski definition) is 1. The molecule has 0 saturated carbocycles. The highest BCUT2D eigenvalue weighted by atomic mass is 32.2. The highest BCUT2D eigenvalue weighted by Crippen LogP contribution is 2.33. The van der Waals surface area contributed by atoms with Gasteiger partial charge in [-0.2, -0.15) is 0 Å². The summed E-state index contributed by atoms with van der Waals surface area (Å²) in [5.74, 6) is 0.103. The zero-order chi connectivity index (χ0) is 19.1. The van der Waals surface area contributed by atoms with E-state index < -0.39 is 10.0 Å². The number of benzene rings is 2. The van der Waals surface area contributed by atoms with E-state index in [-0.39, 0.29) is 11.9 Å². The van der Waals surface area contributed by atoms with E-state index >= 15 is 0 Å². The van der Waals surface area contributed by atoms with Crippen molar-refractivity contribution in [3.05, 3.63) is 53.1 Å². The van der Waals surface area contributed by atoms with Gasteiger partial charge < -0.3 is 4.90 Å². The zero-order valence-electron chi connectivity index (χ0n) is 15.5. The van der Waals surface area contributed by atoms with Gasteiger partial charge in [-0.05, 0) is 60.7 Å². The van der Waals surface area contributed by atoms with Crippen LogP contribution >= 0.6 is 0 Å². The van der Waals surface area contributed by atoms with Crippen LogP contribution in [0.15, 0.2) is 36.4 Å². The van der Waals surface area contributed by atoms with Crippen molar-refractivity contribution in [2.75, 3.05) is 11.0 Å². The van der Waals surface area contributed by atoms with E-state index in [0.717, 1.165) is 40.5 Å². The molecule has 2 aromatic rings. The number of carbonyl (C=O) groups is 1. The van der Waals surface area contributed by atoms with Crippen LogP contribution in [0, 0.1) is 6.92 Å². The number of fused-ring (bicyclic) bond motifs is 1. The number of nitrogens with one attached hydrogen (secondary N) is 1. The van der Waals surface area contributed by atoms with E-state index in [1.807, 2.05) is 42.2 Å². The molecule has 5 nitrogen and oxygen atoms in total. The number of rotatable bonds is 5. The van der Waals surface area contributed by atoms with Gasteiger partial charge in [0.05, 0.1) is 6.26 Å². The Hall–Kier alpha value is -2.34. The van der Waals surface area contributed by atoms with Crippen molar-refractivity contribution < 1.29 is 13.2 Å². The quantitative estimate of drug-likeness (QED) is 0.868. The van der Waals surface area contributed by atoms with E-state index in [4.69, 9.17) is 0 Å². The Morgan fingerprint density at radius 1 is 1.19 bits per heavy atom. The van der Waals surface area contributed by atoms with Crippen LogP contribution in [0.1, 0.15) is 41.8 Å². The minimum atomic E-state index is -3.32. The summed E-state index contributed by atoms with van der Waals surface area (Å²) in [7, 11) is -3.32. The molecule has 1 aliphatic heterocycles. The summed E-state index contributed by atoms with van der Waals surface area (Å²) in [5, 5.41) is 0. The molecule has 1 N–H and O–H groups in total. The van der Waals surface area contributed by atoms with Crippen LogP contribution in [0.4, 0.5) is 5.69 Å². The molecule has 0 radical (unpaired) electrons. The SMILES string of the molecule is CCC(C)N1Cc2cc(-c3cccc(NS(C)(=O)=O)c3)cc(C)c2C1=O. The second-order valence-corrected chi connectivity index (χ2v) is 8.72. The fourth-order valence-electron chi connectivity index (χ4n) is 3.41. The normalized spacial score (nSPS) is 15.1. The lowest BCUT2D eigenvalue weighted by Crippen LogP contribution is -2.32. The maximum absolute atomic E-state index is 12.7. The predicted molar refractivity (Wildman–Crippen MR) is 105 cm³/mol. The predicted octanol–water partition coefficient (Wildman–Crippen LogP) is 3.79. The van der Waals surface area contributed by atoms with Gasteiger partial charge in [0.15, 0.2) is 0 Å². The summed E-state index contributed by atoms with van der Waals surface area (Å²) in [6, 6.07) is 11.5. The molecule has 26 heavy (non-hydrogen) atoms. The van der Waals surface area contributed by atoms with Crippen molar-refractivity contribution in [2.24, 2.45) is 0 Å². The number of hydrogen-bond acceptors (Lipinski definition) is 3. The zero-order valence-corrected chi connectivity index (χ0v) is 16.4. The van der Waals surface area contributed by atoms with Gasteiger partial charge in [-0.25, -0.2) is 8.42 Å². The summed E-state index contributed by atoms with van der Waals surface area (Å²) >= 11 is 0. The summed E-state index contributed by atoms with van der Waals surface area (Å²) in [4.78, 5) is 14.6. The molecule has 1 atom stereocenters. The van der Waals surface area contributed by atoms with Gasteiger partial charge in [-0.3, -0.25) is 9.52 Å². The molecule has 0 spiro atoms. The van der Waals surface area contributed by atoms with Crippen molar-refractivity contribution in [2.45, 2.75) is 39.8 Å². The van der Waals surface area contributed by atoms with Crippen molar-refractivity contribution in [3.63, 3.8) is 0 Å². The fraction of sp³-hybridized carbons (Fsp3) is 0.350. The summed E-state index contributed by atoms with van der Waals surface area (Å²) in [5.41, 5.74) is 5.22. The van der Waals surface area contributed by atoms with E-state index in [1.165, 1.54) is 0 Å². The summed E-state index contributed by atoms with van der Waals surface area (Å²) in [6.45, 7) is 6.73. The molecule has 138 valence electrons. The van der Waals surface area contributed by atoms with Gasteiger partial charge in [0.2, 0.25) is 10.0 Å². The van der Waals surface area contributed by atoms with Crippen molar-refractivity contribution in [1.82, 2.24) is 4.90 Å². The molecule has 0 aliphatic carbocycles. The number of carbonyl (C=O) groups excluding carboxylic acids is 1. The molecule has 0 bridgehead atoms. The Labute approximate surface area is 155 Å². The average Bonchev–Trinajstić information content (AvgIpc) is 2.90. The number of sulfonamides is 1. The van der Waals surface area contributed by atoms with E-state index in [9.17, 15) is 13.2 Å². The standard InChI is InChI=1S/C20H24N2O3S/c1-5-14(3)22-12-17-10-16(9-13(2)19(17)20(22)23)15-7-6-8-18(11-15)21-26(4,24)25/h6-11,14,21H,5,12H2,1-4H3. The molecular formula is C20H24N2O3S. The minimum absolute atomic E-state index is 0.103. The first kappa shape index (κ1) is 18.5. The average molecular weight is 372 g/mol. The van der Waals surface area contributed by atoms with Crippen LogP contribution in [-0.2, 0) is 16.6 Å². The lowest BCUT2D eigenvalue weighted by atomic mass is 9.96. The van der Waals surface area contributed by atoms with Gasteiger partial charge >= 0.3 is 0 Å². The molecule has 2 aromatic carbocycles. The number of aryl methyl sites for hydroxylation is 1. The molecule has 0 saturated heterocycles. The van der Waals surface area contributed by atoms with Crippen molar-refractivity contribution in [1.29, 1.82) is 0 Å². The number of amides is 1. The maximum Gasteiger partial charge on any atom is 0.255 e. The van der Waals surface area contributed by atoms with E-state index in [0.29, 0.717) is 12.2 Å². The Balaban J connectivity index is 1.99. The second kappa shape index (κ2) is 6.76. The second-order valence-electron chi connectivity index (χ2n) is 6.97. The first-order valence-electron chi connectivity index (χ1n) is 8.72. The van der Waals surface area contributed by atoms with Crippen LogP contribution in [0.2, 0.25) is 0 Å². The van der Waals surface area contributed by atoms with Gasteiger partial charge in [0.25, 0.3) is 5.91 Å². The summed E-state index contributed by atoms with van der Waals surface area (Å²) in [6.07, 6.45) is 2.05. The monoisotopic (exact) mass is 372 g/mol. The molecule has 6 heteroatoms. The van der Waals surface area contributed by atoms with E-state index in [1.54, 1.807) is 6.07 Å². The lowest BCUT2D eigenvalue weighted by Gasteiger charge is -2.22. The maximum atomic E-state index is 12.7. The van der Waals surface area contributed by atoms with E-state index in [2.05, 4.69) is 18.6 Å². The Bertz CT molecular complexity index is 967. The lowest BCUT2D eigenvalue weighted by molar-refractivity contribution is 0.0713. The number of nitrogens with zero attached hydrogens (tertiary/aromatic N) is 1. The molecule has 1 amide bonds. The van der Waals surface area contributed by atoms with Crippen LogP contribution in [0.3, 0.4) is 0 Å². The van der Waals surface area contributed by atoms with Crippen LogP contribution in [0.25, 0.3) is 11.1 Å². The van der Waals surface area contributed by atoms with Crippen LogP contribution in [-0.4, -0.2) is 31.5 Å². The first-order valence-corrected chi connectivity index (χ1v) is 10.6. The third kappa shape index (κ3) is 3.60. The largest absolute Gasteiger partial charge is 0.332 e. The molecular weight excluding hydrogens is 348 g/mol. The number of anilines is 1. The van der Waals surface area contributed by atoms with Crippen molar-refractivity contribution in [3.8, 4) is 11.1 Å². The Morgan fingerprint density at radius 3 is 2.58 bits per heavy atom. The van der Waals surface area contributed by atoms with Gasteiger partial charge in [-0.1, -0.05) is 25.1 Å². The van der Waals surface area contributed by atoms with Crippen LogP contribution < -0.4 is 4.72 Å². The van der Waals surface area contributed by atoms with Crippen LogP contribution in [0.5, 0.6) is 0 Å². The first-order chi connectivity index (χ1) is 12.2. The third-order valence-electron chi connectivity index (χ3n) is 4.85. The molecule has 0 fully saturated rings. The highest BCUT2D eigenvalue weighted by Gasteiger charge is 2.31. The molecule has 1 heterocycles. The topological polar surface area (TPSA) is 66.5 Å². The Kier molecular flexibility index (Phi) is 4.80. The van der Waals surface area contributed by atoms with Gasteiger partial charge in [0, 0.05) is 23.8 Å². The van der Waals surface area contributed by atoms with Crippen molar-refractivity contribution >= 4 is 21.6 Å². The molecule has 0 aromatic heterocycles. The highest BCUT2D eigenvalue weighted by molar-refractivity contribution is 7.92. The molecule has 1 unspecified atom stereocenters. The van der Waals surface area contributed by atoms with Gasteiger partial charge in [0.1, 0.15) is 0 Å². The third-order valence-corrected chi connectivity index (χ3v) is 5.46. The Morgan fingerprint density at radius 2 is 1.92 bits per heavy atom. The molecule has 3 rings (SSSR count). The summed E-state index contributed by atoms with van der Waals surface area (Å²) < 4.78 is 25.4. The fourth-order valence-corrected chi connectivity index (χ4v) is 3.96. The minimum Gasteiger partial charge on any atom is -0.332 e. The smallest absolute Gasteiger partial charge is 0.255 e. The molecule has 1 aliphatic rings. The van der Waals surface area contributed by atoms with Gasteiger partial charge in [-0.15, -0.1) is 0 Å².